The number of phenolic OH excluding ortho intramolecular Hbond substituents is 1. The Morgan fingerprint density at radius 1 is 0.923 bits per heavy atom. The summed E-state index contributed by atoms with van der Waals surface area (Å²) >= 11 is 0. The summed E-state index contributed by atoms with van der Waals surface area (Å²) in [7, 11) is 6.41. The Morgan fingerprint density at radius 2 is 1.65 bits per heavy atom. The van der Waals surface area contributed by atoms with Crippen molar-refractivity contribution in [3.05, 3.63) is 28.8 Å². The second kappa shape index (κ2) is 6.29. The van der Waals surface area contributed by atoms with E-state index in [1.165, 1.54) is 0 Å². The van der Waals surface area contributed by atoms with Gasteiger partial charge in [-0.1, -0.05) is 6.07 Å². The fraction of sp³-hybridized carbons (Fsp3) is 0.400. The monoisotopic (exact) mass is 357 g/mol. The first-order valence-electron chi connectivity index (χ1n) is 8.63. The van der Waals surface area contributed by atoms with E-state index in [2.05, 4.69) is 5.32 Å². The number of methoxy groups -OCH3 is 4. The molecule has 2 aliphatic rings. The van der Waals surface area contributed by atoms with Crippen LogP contribution in [0.5, 0.6) is 28.7 Å². The molecule has 1 atom stereocenters. The molecule has 2 aromatic carbocycles. The van der Waals surface area contributed by atoms with E-state index in [0.29, 0.717) is 23.0 Å². The summed E-state index contributed by atoms with van der Waals surface area (Å²) in [6.07, 6.45) is 1.61. The lowest BCUT2D eigenvalue weighted by Gasteiger charge is -2.37. The molecule has 0 fully saturated rings. The molecular weight excluding hydrogens is 334 g/mol. The Kier molecular flexibility index (Phi) is 4.07. The fourth-order valence-electron chi connectivity index (χ4n) is 4.32. The summed E-state index contributed by atoms with van der Waals surface area (Å²) in [6.45, 7) is 0.862. The van der Waals surface area contributed by atoms with Gasteiger partial charge in [0.1, 0.15) is 0 Å². The van der Waals surface area contributed by atoms with E-state index >= 15 is 0 Å². The molecule has 138 valence electrons. The van der Waals surface area contributed by atoms with Crippen LogP contribution in [-0.2, 0) is 12.8 Å². The van der Waals surface area contributed by atoms with Crippen LogP contribution in [0.15, 0.2) is 12.1 Å². The third-order valence-corrected chi connectivity index (χ3v) is 5.36. The van der Waals surface area contributed by atoms with Gasteiger partial charge in [0.25, 0.3) is 0 Å². The van der Waals surface area contributed by atoms with E-state index in [-0.39, 0.29) is 11.8 Å². The van der Waals surface area contributed by atoms with Crippen molar-refractivity contribution >= 4 is 0 Å². The van der Waals surface area contributed by atoms with Crippen LogP contribution in [0, 0.1) is 0 Å². The van der Waals surface area contributed by atoms with Gasteiger partial charge in [0, 0.05) is 22.7 Å². The third kappa shape index (κ3) is 2.15. The number of aromatic hydroxyl groups is 1. The summed E-state index contributed by atoms with van der Waals surface area (Å²) in [5, 5.41) is 14.5. The summed E-state index contributed by atoms with van der Waals surface area (Å²) < 4.78 is 22.4. The average Bonchev–Trinajstić information content (AvgIpc) is 2.67. The lowest BCUT2D eigenvalue weighted by Crippen LogP contribution is -2.34. The zero-order chi connectivity index (χ0) is 18.4. The summed E-state index contributed by atoms with van der Waals surface area (Å²) in [6, 6.07) is 3.95. The highest BCUT2D eigenvalue weighted by Crippen LogP contribution is 2.58. The van der Waals surface area contributed by atoms with Crippen molar-refractivity contribution in [3.63, 3.8) is 0 Å². The van der Waals surface area contributed by atoms with Crippen LogP contribution >= 0.6 is 0 Å². The predicted molar refractivity (Wildman–Crippen MR) is 97.9 cm³/mol. The molecule has 4 rings (SSSR count). The molecule has 6 heteroatoms. The molecule has 1 aliphatic heterocycles. The zero-order valence-electron chi connectivity index (χ0n) is 15.4. The van der Waals surface area contributed by atoms with Crippen molar-refractivity contribution in [2.75, 3.05) is 35.0 Å². The number of phenols is 1. The lowest BCUT2D eigenvalue weighted by atomic mass is 9.76. The number of benzene rings is 2. The SMILES string of the molecule is COc1ccc2c(c1O)-c1c(OC)c(OC)c(OC)c3c1[C@@H](C2)NCC3. The number of hydrogen-bond acceptors (Lipinski definition) is 6. The Balaban J connectivity index is 2.15. The summed E-state index contributed by atoms with van der Waals surface area (Å²) in [5.74, 6) is 2.40. The topological polar surface area (TPSA) is 69.2 Å². The second-order valence-corrected chi connectivity index (χ2v) is 6.48. The van der Waals surface area contributed by atoms with Crippen molar-refractivity contribution in [2.45, 2.75) is 18.9 Å². The third-order valence-electron chi connectivity index (χ3n) is 5.36. The predicted octanol–water partition coefficient (Wildman–Crippen LogP) is 2.84. The van der Waals surface area contributed by atoms with E-state index in [9.17, 15) is 5.11 Å². The van der Waals surface area contributed by atoms with Gasteiger partial charge in [-0.3, -0.25) is 0 Å². The Morgan fingerprint density at radius 3 is 2.31 bits per heavy atom. The van der Waals surface area contributed by atoms with Crippen LogP contribution in [0.2, 0.25) is 0 Å². The van der Waals surface area contributed by atoms with Gasteiger partial charge >= 0.3 is 0 Å². The molecule has 0 saturated carbocycles. The first kappa shape index (κ1) is 16.8. The number of hydrogen-bond donors (Lipinski definition) is 2. The van der Waals surface area contributed by atoms with Crippen LogP contribution < -0.4 is 24.3 Å². The van der Waals surface area contributed by atoms with Crippen LogP contribution in [0.1, 0.15) is 22.7 Å². The van der Waals surface area contributed by atoms with E-state index < -0.39 is 0 Å². The molecule has 1 heterocycles. The smallest absolute Gasteiger partial charge is 0.204 e. The normalized spacial score (nSPS) is 17.2. The van der Waals surface area contributed by atoms with Gasteiger partial charge in [-0.05, 0) is 36.6 Å². The molecule has 2 N–H and O–H groups in total. The fourth-order valence-corrected chi connectivity index (χ4v) is 4.32. The number of ether oxygens (including phenoxy) is 4. The Labute approximate surface area is 152 Å². The molecule has 0 amide bonds. The van der Waals surface area contributed by atoms with Gasteiger partial charge in [0.15, 0.2) is 23.0 Å². The first-order valence-corrected chi connectivity index (χ1v) is 8.63. The van der Waals surface area contributed by atoms with Crippen molar-refractivity contribution < 1.29 is 24.1 Å². The van der Waals surface area contributed by atoms with Crippen molar-refractivity contribution in [1.29, 1.82) is 0 Å². The van der Waals surface area contributed by atoms with E-state index in [1.54, 1.807) is 34.5 Å². The Hall–Kier alpha value is -2.60. The molecule has 0 radical (unpaired) electrons. The second-order valence-electron chi connectivity index (χ2n) is 6.48. The number of rotatable bonds is 4. The quantitative estimate of drug-likeness (QED) is 0.877. The maximum Gasteiger partial charge on any atom is 0.204 e. The summed E-state index contributed by atoms with van der Waals surface area (Å²) in [5.41, 5.74) is 4.87. The molecule has 0 unspecified atom stereocenters. The maximum absolute atomic E-state index is 10.9. The molecule has 0 bridgehead atoms. The van der Waals surface area contributed by atoms with Crippen molar-refractivity contribution in [1.82, 2.24) is 5.32 Å². The largest absolute Gasteiger partial charge is 0.504 e. The number of fused-ring (bicyclic) bond motifs is 2. The Bertz CT molecular complexity index is 877. The molecule has 0 saturated heterocycles. The van der Waals surface area contributed by atoms with Crippen LogP contribution in [0.3, 0.4) is 0 Å². The van der Waals surface area contributed by atoms with Gasteiger partial charge < -0.3 is 29.4 Å². The highest BCUT2D eigenvalue weighted by molar-refractivity contribution is 5.90. The standard InChI is InChI=1S/C20H23NO5/c1-23-13-6-5-10-9-12-15-11(7-8-21-12)18(24-2)20(26-4)19(25-3)16(15)14(10)17(13)22/h5-6,12,21-22H,7-9H2,1-4H3/t12-/m1/s1. The molecule has 2 aromatic rings. The van der Waals surface area contributed by atoms with Crippen LogP contribution in [0.25, 0.3) is 11.1 Å². The van der Waals surface area contributed by atoms with Gasteiger partial charge in [0.05, 0.1) is 28.4 Å². The van der Waals surface area contributed by atoms with Gasteiger partial charge in [-0.2, -0.15) is 0 Å². The molecule has 0 aromatic heterocycles. The minimum atomic E-state index is 0.127. The molecule has 1 aliphatic carbocycles. The highest BCUT2D eigenvalue weighted by Gasteiger charge is 2.38. The zero-order valence-corrected chi connectivity index (χ0v) is 15.4. The average molecular weight is 357 g/mol. The maximum atomic E-state index is 10.9. The molecule has 6 nitrogen and oxygen atoms in total. The van der Waals surface area contributed by atoms with Crippen LogP contribution in [-0.4, -0.2) is 40.1 Å². The van der Waals surface area contributed by atoms with E-state index in [4.69, 9.17) is 18.9 Å². The van der Waals surface area contributed by atoms with Crippen molar-refractivity contribution in [2.24, 2.45) is 0 Å². The lowest BCUT2D eigenvalue weighted by molar-refractivity contribution is 0.318. The first-order chi connectivity index (χ1) is 12.7. The van der Waals surface area contributed by atoms with Crippen LogP contribution in [0.4, 0.5) is 0 Å². The highest BCUT2D eigenvalue weighted by atomic mass is 16.5. The number of nitrogens with one attached hydrogen (secondary N) is 1. The molecule has 26 heavy (non-hydrogen) atoms. The summed E-state index contributed by atoms with van der Waals surface area (Å²) in [4.78, 5) is 0. The van der Waals surface area contributed by atoms with Crippen molar-refractivity contribution in [3.8, 4) is 39.9 Å². The molecular formula is C20H23NO5. The van der Waals surface area contributed by atoms with E-state index in [1.807, 2.05) is 6.07 Å². The van der Waals surface area contributed by atoms with Gasteiger partial charge in [-0.15, -0.1) is 0 Å². The molecule has 0 spiro atoms. The minimum absolute atomic E-state index is 0.127. The minimum Gasteiger partial charge on any atom is -0.504 e. The van der Waals surface area contributed by atoms with E-state index in [0.717, 1.165) is 47.2 Å². The van der Waals surface area contributed by atoms with Gasteiger partial charge in [0.2, 0.25) is 5.75 Å². The van der Waals surface area contributed by atoms with Gasteiger partial charge in [-0.25, -0.2) is 0 Å².